The molecule has 3 aromatic heterocycles. The molecular formula is C21H23IN6OS. The van der Waals surface area contributed by atoms with E-state index in [0.29, 0.717) is 13.1 Å². The first-order valence-electron chi connectivity index (χ1n) is 9.23. The van der Waals surface area contributed by atoms with E-state index in [0.717, 1.165) is 23.2 Å². The van der Waals surface area contributed by atoms with E-state index in [1.807, 2.05) is 40.9 Å². The van der Waals surface area contributed by atoms with E-state index < -0.39 is 0 Å². The molecule has 9 heteroatoms. The Morgan fingerprint density at radius 1 is 1.03 bits per heavy atom. The number of thiophene rings is 1. The maximum Gasteiger partial charge on any atom is 0.191 e. The fourth-order valence-corrected chi connectivity index (χ4v) is 3.90. The summed E-state index contributed by atoms with van der Waals surface area (Å²) in [6.07, 6.45) is 1.95. The molecule has 0 aliphatic rings. The number of hydrogen-bond donors (Lipinski definition) is 2. The molecule has 4 rings (SSSR count). The van der Waals surface area contributed by atoms with E-state index in [4.69, 9.17) is 4.74 Å². The Balaban J connectivity index is 0.00000256. The van der Waals surface area contributed by atoms with Crippen LogP contribution in [0.15, 0.2) is 65.8 Å². The highest BCUT2D eigenvalue weighted by molar-refractivity contribution is 14.0. The Bertz CT molecular complexity index is 1120. The molecule has 30 heavy (non-hydrogen) atoms. The van der Waals surface area contributed by atoms with E-state index >= 15 is 0 Å². The molecule has 0 spiro atoms. The lowest BCUT2D eigenvalue weighted by Crippen LogP contribution is -2.36. The zero-order chi connectivity index (χ0) is 20.1. The molecule has 0 amide bonds. The number of nitrogens with zero attached hydrogens (tertiary/aromatic N) is 4. The SMILES string of the molecule is CN=C(NCc1ccc(-c2ccc(OC)cc2)s1)NCc1nnc2ccccn12.I. The highest BCUT2D eigenvalue weighted by Gasteiger charge is 2.07. The van der Waals surface area contributed by atoms with Gasteiger partial charge in [-0.15, -0.1) is 45.5 Å². The molecule has 1 aromatic carbocycles. The van der Waals surface area contributed by atoms with Crippen LogP contribution in [0.3, 0.4) is 0 Å². The summed E-state index contributed by atoms with van der Waals surface area (Å²) in [6.45, 7) is 1.23. The van der Waals surface area contributed by atoms with Crippen LogP contribution in [0.4, 0.5) is 0 Å². The van der Waals surface area contributed by atoms with Crippen molar-refractivity contribution >= 4 is 46.9 Å². The van der Waals surface area contributed by atoms with Crippen molar-refractivity contribution in [1.82, 2.24) is 25.2 Å². The molecule has 0 saturated carbocycles. The van der Waals surface area contributed by atoms with Gasteiger partial charge in [0, 0.05) is 23.0 Å². The summed E-state index contributed by atoms with van der Waals surface area (Å²) in [6, 6.07) is 18.2. The molecule has 2 N–H and O–H groups in total. The summed E-state index contributed by atoms with van der Waals surface area (Å²) in [7, 11) is 3.44. The maximum atomic E-state index is 5.22. The summed E-state index contributed by atoms with van der Waals surface area (Å²) in [4.78, 5) is 6.75. The Hall–Kier alpha value is -2.66. The molecule has 0 aliphatic heterocycles. The van der Waals surface area contributed by atoms with Crippen LogP contribution < -0.4 is 15.4 Å². The molecule has 156 valence electrons. The average molecular weight is 534 g/mol. The Morgan fingerprint density at radius 2 is 1.83 bits per heavy atom. The van der Waals surface area contributed by atoms with Crippen LogP contribution in [0, 0.1) is 0 Å². The number of rotatable bonds is 6. The summed E-state index contributed by atoms with van der Waals surface area (Å²) in [5, 5.41) is 15.0. The molecule has 0 unspecified atom stereocenters. The molecule has 0 atom stereocenters. The number of methoxy groups -OCH3 is 1. The molecule has 7 nitrogen and oxygen atoms in total. The number of benzene rings is 1. The molecule has 0 radical (unpaired) electrons. The first-order valence-corrected chi connectivity index (χ1v) is 10.0. The quantitative estimate of drug-likeness (QED) is 0.223. The zero-order valence-electron chi connectivity index (χ0n) is 16.7. The Morgan fingerprint density at radius 3 is 2.60 bits per heavy atom. The number of fused-ring (bicyclic) bond motifs is 1. The standard InChI is InChI=1S/C21H22N6OS.HI/c1-22-21(24-14-20-26-25-19-5-3-4-12-27(19)20)23-13-17-10-11-18(29-17)15-6-8-16(28-2)9-7-15;/h3-12H,13-14H2,1-2H3,(H2,22,23,24);1H. The first kappa shape index (κ1) is 22.0. The Kier molecular flexibility index (Phi) is 7.63. The second-order valence-corrected chi connectivity index (χ2v) is 7.49. The van der Waals surface area contributed by atoms with Crippen LogP contribution in [0.5, 0.6) is 5.75 Å². The minimum Gasteiger partial charge on any atom is -0.497 e. The number of pyridine rings is 1. The van der Waals surface area contributed by atoms with Crippen LogP contribution in [-0.2, 0) is 13.1 Å². The monoisotopic (exact) mass is 534 g/mol. The molecule has 4 aromatic rings. The van der Waals surface area contributed by atoms with Crippen molar-refractivity contribution in [2.24, 2.45) is 4.99 Å². The maximum absolute atomic E-state index is 5.22. The summed E-state index contributed by atoms with van der Waals surface area (Å²) < 4.78 is 7.18. The van der Waals surface area contributed by atoms with Gasteiger partial charge in [0.1, 0.15) is 5.75 Å². The molecule has 0 bridgehead atoms. The second kappa shape index (κ2) is 10.4. The molecule has 0 fully saturated rings. The highest BCUT2D eigenvalue weighted by Crippen LogP contribution is 2.29. The third kappa shape index (κ3) is 5.08. The topological polar surface area (TPSA) is 75.8 Å². The number of hydrogen-bond acceptors (Lipinski definition) is 5. The third-order valence-electron chi connectivity index (χ3n) is 4.49. The predicted octanol–water partition coefficient (Wildman–Crippen LogP) is 3.95. The minimum atomic E-state index is 0. The van der Waals surface area contributed by atoms with Crippen molar-refractivity contribution in [3.05, 3.63) is 71.5 Å². The average Bonchev–Trinajstić information content (AvgIpc) is 3.41. The summed E-state index contributed by atoms with van der Waals surface area (Å²) >= 11 is 1.76. The van der Waals surface area contributed by atoms with Crippen molar-refractivity contribution in [3.8, 4) is 16.2 Å². The van der Waals surface area contributed by atoms with Crippen molar-refractivity contribution in [1.29, 1.82) is 0 Å². The van der Waals surface area contributed by atoms with Gasteiger partial charge >= 0.3 is 0 Å². The highest BCUT2D eigenvalue weighted by atomic mass is 127. The summed E-state index contributed by atoms with van der Waals surface area (Å²) in [5.41, 5.74) is 2.01. The lowest BCUT2D eigenvalue weighted by Gasteiger charge is -2.10. The lowest BCUT2D eigenvalue weighted by molar-refractivity contribution is 0.415. The smallest absolute Gasteiger partial charge is 0.191 e. The van der Waals surface area contributed by atoms with Gasteiger partial charge in [-0.3, -0.25) is 9.39 Å². The van der Waals surface area contributed by atoms with Crippen LogP contribution in [0.1, 0.15) is 10.7 Å². The van der Waals surface area contributed by atoms with Crippen LogP contribution >= 0.6 is 35.3 Å². The third-order valence-corrected chi connectivity index (χ3v) is 5.62. The van der Waals surface area contributed by atoms with Gasteiger partial charge in [-0.05, 0) is 54.1 Å². The molecule has 0 saturated heterocycles. The minimum absolute atomic E-state index is 0. The van der Waals surface area contributed by atoms with Crippen LogP contribution in [0.25, 0.3) is 16.1 Å². The largest absolute Gasteiger partial charge is 0.497 e. The number of guanidine groups is 1. The lowest BCUT2D eigenvalue weighted by atomic mass is 10.2. The Labute approximate surface area is 196 Å². The fourth-order valence-electron chi connectivity index (χ4n) is 2.95. The van der Waals surface area contributed by atoms with Gasteiger partial charge in [0.25, 0.3) is 0 Å². The van der Waals surface area contributed by atoms with Crippen molar-refractivity contribution < 1.29 is 4.74 Å². The van der Waals surface area contributed by atoms with Gasteiger partial charge in [0.05, 0.1) is 20.2 Å². The predicted molar refractivity (Wildman–Crippen MR) is 132 cm³/mol. The van der Waals surface area contributed by atoms with E-state index in [1.165, 1.54) is 15.3 Å². The first-order chi connectivity index (χ1) is 14.3. The number of ether oxygens (including phenoxy) is 1. The number of aliphatic imine (C=N–C) groups is 1. The second-order valence-electron chi connectivity index (χ2n) is 6.32. The fraction of sp³-hybridized carbons (Fsp3) is 0.190. The molecule has 0 aliphatic carbocycles. The van der Waals surface area contributed by atoms with E-state index in [1.54, 1.807) is 25.5 Å². The van der Waals surface area contributed by atoms with Gasteiger partial charge in [0.15, 0.2) is 17.4 Å². The van der Waals surface area contributed by atoms with Gasteiger partial charge in [-0.1, -0.05) is 6.07 Å². The van der Waals surface area contributed by atoms with Crippen molar-refractivity contribution in [2.45, 2.75) is 13.1 Å². The van der Waals surface area contributed by atoms with Gasteiger partial charge in [-0.2, -0.15) is 0 Å². The van der Waals surface area contributed by atoms with E-state index in [-0.39, 0.29) is 24.0 Å². The van der Waals surface area contributed by atoms with Crippen LogP contribution in [-0.4, -0.2) is 34.7 Å². The molecular weight excluding hydrogens is 511 g/mol. The summed E-state index contributed by atoms with van der Waals surface area (Å²) in [5.74, 6) is 2.42. The molecule has 3 heterocycles. The van der Waals surface area contributed by atoms with E-state index in [9.17, 15) is 0 Å². The number of halogens is 1. The van der Waals surface area contributed by atoms with Gasteiger partial charge < -0.3 is 15.4 Å². The number of nitrogens with one attached hydrogen (secondary N) is 2. The van der Waals surface area contributed by atoms with Gasteiger partial charge in [0.2, 0.25) is 0 Å². The van der Waals surface area contributed by atoms with Crippen LogP contribution in [0.2, 0.25) is 0 Å². The van der Waals surface area contributed by atoms with Crippen molar-refractivity contribution in [3.63, 3.8) is 0 Å². The van der Waals surface area contributed by atoms with Crippen molar-refractivity contribution in [2.75, 3.05) is 14.2 Å². The van der Waals surface area contributed by atoms with E-state index in [2.05, 4.69) is 50.1 Å². The number of aromatic nitrogens is 3. The zero-order valence-corrected chi connectivity index (χ0v) is 19.8. The van der Waals surface area contributed by atoms with Gasteiger partial charge in [-0.25, -0.2) is 0 Å². The normalized spacial score (nSPS) is 11.2.